The van der Waals surface area contributed by atoms with Crippen LogP contribution in [0.2, 0.25) is 0 Å². The fraction of sp³-hybridized carbons (Fsp3) is 0.667. The van der Waals surface area contributed by atoms with Crippen LogP contribution in [-0.2, 0) is 22.0 Å². The molecule has 6 heteroatoms. The summed E-state index contributed by atoms with van der Waals surface area (Å²) in [5.74, 6) is 0.0113. The number of hydrogen-bond acceptors (Lipinski definition) is 5. The van der Waals surface area contributed by atoms with Crippen LogP contribution in [0.5, 0.6) is 0 Å². The van der Waals surface area contributed by atoms with Crippen molar-refractivity contribution in [2.45, 2.75) is 32.1 Å². The van der Waals surface area contributed by atoms with Gasteiger partial charge in [-0.25, -0.2) is 13.4 Å². The summed E-state index contributed by atoms with van der Waals surface area (Å²) in [6, 6.07) is -0.0780. The highest BCUT2D eigenvalue weighted by atomic mass is 32.2. The molecule has 4 nitrogen and oxygen atoms in total. The fourth-order valence-electron chi connectivity index (χ4n) is 1.31. The molecule has 1 aromatic heterocycles. The van der Waals surface area contributed by atoms with E-state index in [2.05, 4.69) is 4.98 Å². The zero-order valence-electron chi connectivity index (χ0n) is 9.15. The summed E-state index contributed by atoms with van der Waals surface area (Å²) < 4.78 is 22.2. The van der Waals surface area contributed by atoms with Crippen LogP contribution in [0, 0.1) is 0 Å². The highest BCUT2D eigenvalue weighted by Crippen LogP contribution is 2.25. The molecule has 86 valence electrons. The van der Waals surface area contributed by atoms with Gasteiger partial charge in [-0.05, 0) is 13.3 Å². The average molecular weight is 248 g/mol. The second-order valence-electron chi connectivity index (χ2n) is 3.63. The zero-order chi connectivity index (χ0) is 11.6. The van der Waals surface area contributed by atoms with E-state index in [9.17, 15) is 8.42 Å². The smallest absolute Gasteiger partial charge is 0.153 e. The maximum absolute atomic E-state index is 11.1. The predicted octanol–water partition coefficient (Wildman–Crippen LogP) is 1.27. The first-order valence-corrected chi connectivity index (χ1v) is 7.63. The van der Waals surface area contributed by atoms with Gasteiger partial charge >= 0.3 is 0 Å². The van der Waals surface area contributed by atoms with Crippen molar-refractivity contribution in [3.8, 4) is 0 Å². The van der Waals surface area contributed by atoms with Crippen LogP contribution >= 0.6 is 11.3 Å². The molecule has 0 aliphatic carbocycles. The highest BCUT2D eigenvalue weighted by Gasteiger charge is 2.15. The summed E-state index contributed by atoms with van der Waals surface area (Å²) in [5, 5.41) is 0.640. The predicted molar refractivity (Wildman–Crippen MR) is 62.6 cm³/mol. The molecule has 2 N–H and O–H groups in total. The van der Waals surface area contributed by atoms with Gasteiger partial charge in [0.25, 0.3) is 0 Å². The molecule has 0 fully saturated rings. The Balaban J connectivity index is 3.03. The first-order chi connectivity index (χ1) is 6.83. The van der Waals surface area contributed by atoms with Crippen molar-refractivity contribution < 1.29 is 8.42 Å². The molecule has 0 saturated heterocycles. The molecule has 1 atom stereocenters. The van der Waals surface area contributed by atoms with Gasteiger partial charge in [-0.2, -0.15) is 0 Å². The maximum atomic E-state index is 11.1. The van der Waals surface area contributed by atoms with E-state index in [-0.39, 0.29) is 11.8 Å². The van der Waals surface area contributed by atoms with Gasteiger partial charge in [0.15, 0.2) is 9.84 Å². The number of sulfone groups is 1. The van der Waals surface area contributed by atoms with Crippen molar-refractivity contribution >= 4 is 21.2 Å². The van der Waals surface area contributed by atoms with Gasteiger partial charge in [-0.1, -0.05) is 6.92 Å². The Hall–Kier alpha value is -0.460. The Morgan fingerprint density at radius 1 is 1.53 bits per heavy atom. The average Bonchev–Trinajstić information content (AvgIpc) is 2.44. The molecule has 0 spiro atoms. The van der Waals surface area contributed by atoms with E-state index < -0.39 is 9.84 Å². The lowest BCUT2D eigenvalue weighted by Crippen LogP contribution is -2.05. The SMILES string of the molecule is CCc1nc(CS(C)(=O)=O)sc1C(C)N. The van der Waals surface area contributed by atoms with Gasteiger partial charge in [0.05, 0.1) is 5.69 Å². The Labute approximate surface area is 94.4 Å². The third kappa shape index (κ3) is 3.55. The molecule has 0 aliphatic heterocycles. The second kappa shape index (κ2) is 4.59. The van der Waals surface area contributed by atoms with Gasteiger partial charge in [-0.15, -0.1) is 11.3 Å². The lowest BCUT2D eigenvalue weighted by molar-refractivity contribution is 0.601. The van der Waals surface area contributed by atoms with E-state index in [1.54, 1.807) is 0 Å². The van der Waals surface area contributed by atoms with Crippen molar-refractivity contribution in [2.75, 3.05) is 6.26 Å². The van der Waals surface area contributed by atoms with E-state index in [1.807, 2.05) is 13.8 Å². The van der Waals surface area contributed by atoms with Crippen molar-refractivity contribution in [3.05, 3.63) is 15.6 Å². The minimum Gasteiger partial charge on any atom is -0.323 e. The van der Waals surface area contributed by atoms with Gasteiger partial charge in [0.2, 0.25) is 0 Å². The normalized spacial score (nSPS) is 14.1. The summed E-state index contributed by atoms with van der Waals surface area (Å²) in [5.41, 5.74) is 6.71. The topological polar surface area (TPSA) is 73.0 Å². The zero-order valence-corrected chi connectivity index (χ0v) is 10.8. The van der Waals surface area contributed by atoms with Crippen LogP contribution in [0.1, 0.15) is 35.5 Å². The van der Waals surface area contributed by atoms with Crippen LogP contribution in [0.25, 0.3) is 0 Å². The van der Waals surface area contributed by atoms with Crippen molar-refractivity contribution in [3.63, 3.8) is 0 Å². The van der Waals surface area contributed by atoms with E-state index in [1.165, 1.54) is 17.6 Å². The van der Waals surface area contributed by atoms with Crippen molar-refractivity contribution in [1.29, 1.82) is 0 Å². The molecule has 1 aromatic rings. The van der Waals surface area contributed by atoms with Gasteiger partial charge in [0.1, 0.15) is 10.8 Å². The molecular formula is C9H16N2O2S2. The van der Waals surface area contributed by atoms with E-state index >= 15 is 0 Å². The largest absolute Gasteiger partial charge is 0.323 e. The molecule has 0 bridgehead atoms. The van der Waals surface area contributed by atoms with Crippen LogP contribution in [0.4, 0.5) is 0 Å². The van der Waals surface area contributed by atoms with Crippen LogP contribution < -0.4 is 5.73 Å². The molecule has 0 saturated carbocycles. The summed E-state index contributed by atoms with van der Waals surface area (Å²) in [7, 11) is -3.01. The highest BCUT2D eigenvalue weighted by molar-refractivity contribution is 7.90. The summed E-state index contributed by atoms with van der Waals surface area (Å²) in [6.45, 7) is 3.88. The third-order valence-corrected chi connectivity index (χ3v) is 4.19. The Kier molecular flexibility index (Phi) is 3.86. The molecule has 1 rings (SSSR count). The molecule has 15 heavy (non-hydrogen) atoms. The summed E-state index contributed by atoms with van der Waals surface area (Å²) in [6.07, 6.45) is 2.00. The van der Waals surface area contributed by atoms with Crippen LogP contribution in [-0.4, -0.2) is 19.7 Å². The van der Waals surface area contributed by atoms with Crippen LogP contribution in [0.15, 0.2) is 0 Å². The molecule has 0 aromatic carbocycles. The first-order valence-electron chi connectivity index (χ1n) is 4.75. The second-order valence-corrected chi connectivity index (χ2v) is 6.89. The monoisotopic (exact) mass is 248 g/mol. The van der Waals surface area contributed by atoms with Gasteiger partial charge in [0, 0.05) is 17.2 Å². The number of aryl methyl sites for hydroxylation is 1. The lowest BCUT2D eigenvalue weighted by atomic mass is 10.2. The summed E-state index contributed by atoms with van der Waals surface area (Å²) in [4.78, 5) is 5.29. The molecule has 1 unspecified atom stereocenters. The Morgan fingerprint density at radius 2 is 2.13 bits per heavy atom. The van der Waals surface area contributed by atoms with Crippen LogP contribution in [0.3, 0.4) is 0 Å². The molecular weight excluding hydrogens is 232 g/mol. The number of aromatic nitrogens is 1. The minimum absolute atomic E-state index is 0.0113. The van der Waals surface area contributed by atoms with E-state index in [0.29, 0.717) is 5.01 Å². The first kappa shape index (κ1) is 12.6. The fourth-order valence-corrected chi connectivity index (χ4v) is 3.60. The van der Waals surface area contributed by atoms with E-state index in [4.69, 9.17) is 5.73 Å². The maximum Gasteiger partial charge on any atom is 0.153 e. The Morgan fingerprint density at radius 3 is 2.47 bits per heavy atom. The standard InChI is InChI=1S/C9H16N2O2S2/c1-4-7-9(6(2)10)14-8(11-7)5-15(3,12)13/h6H,4-5,10H2,1-3H3. The van der Waals surface area contributed by atoms with E-state index in [0.717, 1.165) is 17.0 Å². The van der Waals surface area contributed by atoms with Gasteiger partial charge in [-0.3, -0.25) is 0 Å². The molecule has 0 radical (unpaired) electrons. The Bertz CT molecular complexity index is 435. The number of nitrogens with zero attached hydrogens (tertiary/aromatic N) is 1. The van der Waals surface area contributed by atoms with Crippen molar-refractivity contribution in [1.82, 2.24) is 4.98 Å². The molecule has 1 heterocycles. The van der Waals surface area contributed by atoms with Gasteiger partial charge < -0.3 is 5.73 Å². The number of nitrogens with two attached hydrogens (primary N) is 1. The quantitative estimate of drug-likeness (QED) is 0.871. The summed E-state index contributed by atoms with van der Waals surface area (Å²) >= 11 is 1.40. The number of thiazole rings is 1. The third-order valence-electron chi connectivity index (χ3n) is 1.91. The van der Waals surface area contributed by atoms with Crippen molar-refractivity contribution in [2.24, 2.45) is 5.73 Å². The number of rotatable bonds is 4. The minimum atomic E-state index is -3.01. The molecule has 0 aliphatic rings. The molecule has 0 amide bonds. The lowest BCUT2D eigenvalue weighted by Gasteiger charge is -2.01. The number of hydrogen-bond donors (Lipinski definition) is 1.